The normalized spacial score (nSPS) is 24.4. The lowest BCUT2D eigenvalue weighted by molar-refractivity contribution is -0.121. The zero-order valence-corrected chi connectivity index (χ0v) is 10.5. The van der Waals surface area contributed by atoms with Gasteiger partial charge in [-0.1, -0.05) is 18.2 Å². The van der Waals surface area contributed by atoms with E-state index >= 15 is 0 Å². The molecule has 1 aromatic carbocycles. The fourth-order valence-corrected chi connectivity index (χ4v) is 2.35. The summed E-state index contributed by atoms with van der Waals surface area (Å²) in [4.78, 5) is 14.1. The molecular weight excluding hydrogens is 212 g/mol. The first-order valence-corrected chi connectivity index (χ1v) is 6.27. The van der Waals surface area contributed by atoms with Gasteiger partial charge in [-0.25, -0.2) is 0 Å². The minimum Gasteiger partial charge on any atom is -0.314 e. The molecule has 2 atom stereocenters. The van der Waals surface area contributed by atoms with Crippen LogP contribution < -0.4 is 10.2 Å². The van der Waals surface area contributed by atoms with Gasteiger partial charge in [-0.05, 0) is 38.3 Å². The molecule has 2 unspecified atom stereocenters. The summed E-state index contributed by atoms with van der Waals surface area (Å²) in [5.41, 5.74) is 0.956. The van der Waals surface area contributed by atoms with E-state index in [9.17, 15) is 4.79 Å². The van der Waals surface area contributed by atoms with Crippen LogP contribution in [0.3, 0.4) is 0 Å². The van der Waals surface area contributed by atoms with Gasteiger partial charge in [0, 0.05) is 18.8 Å². The quantitative estimate of drug-likeness (QED) is 0.847. The Labute approximate surface area is 103 Å². The van der Waals surface area contributed by atoms with Gasteiger partial charge < -0.3 is 10.2 Å². The summed E-state index contributed by atoms with van der Waals surface area (Å²) in [6.07, 6.45) is 3.24. The van der Waals surface area contributed by atoms with Crippen LogP contribution in [-0.4, -0.2) is 25.0 Å². The summed E-state index contributed by atoms with van der Waals surface area (Å²) in [6, 6.07) is 10.2. The second-order valence-corrected chi connectivity index (χ2v) is 4.78. The molecule has 1 fully saturated rings. The molecule has 0 radical (unpaired) electrons. The summed E-state index contributed by atoms with van der Waals surface area (Å²) in [5, 5.41) is 3.38. The Hall–Kier alpha value is -1.35. The predicted octanol–water partition coefficient (Wildman–Crippen LogP) is 2.18. The van der Waals surface area contributed by atoms with Crippen molar-refractivity contribution in [3.05, 3.63) is 30.3 Å². The second-order valence-electron chi connectivity index (χ2n) is 4.78. The molecule has 3 nitrogen and oxygen atoms in total. The van der Waals surface area contributed by atoms with E-state index in [0.717, 1.165) is 18.5 Å². The number of carbonyl (C=O) groups excluding carboxylic acids is 1. The first-order valence-electron chi connectivity index (χ1n) is 6.27. The lowest BCUT2D eigenvalue weighted by atomic mass is 9.98. The van der Waals surface area contributed by atoms with E-state index in [0.29, 0.717) is 6.04 Å². The van der Waals surface area contributed by atoms with Crippen molar-refractivity contribution in [2.24, 2.45) is 0 Å². The van der Waals surface area contributed by atoms with E-state index in [-0.39, 0.29) is 11.9 Å². The molecule has 1 saturated heterocycles. The molecule has 0 spiro atoms. The molecule has 1 heterocycles. The van der Waals surface area contributed by atoms with Crippen LogP contribution in [0.4, 0.5) is 5.69 Å². The SMILES string of the molecule is CC1CCCC(C(=O)N(C)c2ccccc2)N1. The number of rotatable bonds is 2. The molecule has 0 aliphatic carbocycles. The van der Waals surface area contributed by atoms with E-state index in [1.807, 2.05) is 37.4 Å². The van der Waals surface area contributed by atoms with Crippen LogP contribution in [0.25, 0.3) is 0 Å². The van der Waals surface area contributed by atoms with Gasteiger partial charge in [0.1, 0.15) is 0 Å². The molecule has 0 saturated carbocycles. The molecule has 92 valence electrons. The zero-order valence-electron chi connectivity index (χ0n) is 10.5. The van der Waals surface area contributed by atoms with Crippen molar-refractivity contribution in [3.63, 3.8) is 0 Å². The van der Waals surface area contributed by atoms with Crippen molar-refractivity contribution < 1.29 is 4.79 Å². The van der Waals surface area contributed by atoms with Gasteiger partial charge in [0.05, 0.1) is 6.04 Å². The first-order chi connectivity index (χ1) is 8.18. The fraction of sp³-hybridized carbons (Fsp3) is 0.500. The van der Waals surface area contributed by atoms with E-state index < -0.39 is 0 Å². The minimum absolute atomic E-state index is 0.0241. The highest BCUT2D eigenvalue weighted by Crippen LogP contribution is 2.17. The van der Waals surface area contributed by atoms with Crippen LogP contribution in [0.15, 0.2) is 30.3 Å². The van der Waals surface area contributed by atoms with Crippen LogP contribution in [-0.2, 0) is 4.79 Å². The highest BCUT2D eigenvalue weighted by atomic mass is 16.2. The standard InChI is InChI=1S/C14H20N2O/c1-11-7-6-10-13(15-11)14(17)16(2)12-8-4-3-5-9-12/h3-5,8-9,11,13,15H,6-7,10H2,1-2H3. The maximum atomic E-state index is 12.3. The maximum Gasteiger partial charge on any atom is 0.243 e. The number of piperidine rings is 1. The maximum absolute atomic E-state index is 12.3. The van der Waals surface area contributed by atoms with Crippen LogP contribution in [0, 0.1) is 0 Å². The number of hydrogen-bond donors (Lipinski definition) is 1. The van der Waals surface area contributed by atoms with Crippen molar-refractivity contribution in [2.45, 2.75) is 38.3 Å². The molecule has 17 heavy (non-hydrogen) atoms. The highest BCUT2D eigenvalue weighted by molar-refractivity contribution is 5.96. The van der Waals surface area contributed by atoms with Gasteiger partial charge in [0.2, 0.25) is 5.91 Å². The summed E-state index contributed by atoms with van der Waals surface area (Å²) in [6.45, 7) is 2.14. The number of amides is 1. The summed E-state index contributed by atoms with van der Waals surface area (Å²) >= 11 is 0. The molecular formula is C14H20N2O. The van der Waals surface area contributed by atoms with Gasteiger partial charge >= 0.3 is 0 Å². The molecule has 0 bridgehead atoms. The molecule has 1 N–H and O–H groups in total. The first kappa shape index (κ1) is 12.1. The van der Waals surface area contributed by atoms with Crippen LogP contribution in [0.5, 0.6) is 0 Å². The number of para-hydroxylation sites is 1. The van der Waals surface area contributed by atoms with Crippen molar-refractivity contribution in [3.8, 4) is 0 Å². The average molecular weight is 232 g/mol. The number of anilines is 1. The van der Waals surface area contributed by atoms with Crippen LogP contribution in [0.2, 0.25) is 0 Å². The van der Waals surface area contributed by atoms with Crippen molar-refractivity contribution in [1.82, 2.24) is 5.32 Å². The Morgan fingerprint density at radius 3 is 2.65 bits per heavy atom. The average Bonchev–Trinajstić information content (AvgIpc) is 2.38. The third-order valence-electron chi connectivity index (χ3n) is 3.39. The van der Waals surface area contributed by atoms with E-state index in [1.54, 1.807) is 4.90 Å². The number of nitrogens with zero attached hydrogens (tertiary/aromatic N) is 1. The molecule has 1 aliphatic heterocycles. The topological polar surface area (TPSA) is 32.3 Å². The molecule has 1 aromatic rings. The Balaban J connectivity index is 2.04. The largest absolute Gasteiger partial charge is 0.314 e. The van der Waals surface area contributed by atoms with Gasteiger partial charge in [-0.15, -0.1) is 0 Å². The molecule has 1 amide bonds. The number of carbonyl (C=O) groups is 1. The minimum atomic E-state index is -0.0241. The Kier molecular flexibility index (Phi) is 3.79. The van der Waals surface area contributed by atoms with Crippen molar-refractivity contribution in [2.75, 3.05) is 11.9 Å². The Bertz CT molecular complexity index is 377. The van der Waals surface area contributed by atoms with Gasteiger partial charge in [0.25, 0.3) is 0 Å². The summed E-state index contributed by atoms with van der Waals surface area (Å²) < 4.78 is 0. The third kappa shape index (κ3) is 2.86. The predicted molar refractivity (Wildman–Crippen MR) is 70.1 cm³/mol. The Morgan fingerprint density at radius 1 is 1.29 bits per heavy atom. The van der Waals surface area contributed by atoms with Gasteiger partial charge in [-0.3, -0.25) is 4.79 Å². The van der Waals surface area contributed by atoms with E-state index in [4.69, 9.17) is 0 Å². The van der Waals surface area contributed by atoms with Gasteiger partial charge in [0.15, 0.2) is 0 Å². The Morgan fingerprint density at radius 2 is 2.00 bits per heavy atom. The monoisotopic (exact) mass is 232 g/mol. The van der Waals surface area contributed by atoms with E-state index in [1.165, 1.54) is 6.42 Å². The van der Waals surface area contributed by atoms with Gasteiger partial charge in [-0.2, -0.15) is 0 Å². The smallest absolute Gasteiger partial charge is 0.243 e. The third-order valence-corrected chi connectivity index (χ3v) is 3.39. The highest BCUT2D eigenvalue weighted by Gasteiger charge is 2.26. The number of likely N-dealkylation sites (N-methyl/N-ethyl adjacent to an activating group) is 1. The molecule has 2 rings (SSSR count). The van der Waals surface area contributed by atoms with Crippen molar-refractivity contribution >= 4 is 11.6 Å². The lowest BCUT2D eigenvalue weighted by Gasteiger charge is -2.31. The number of benzene rings is 1. The van der Waals surface area contributed by atoms with Crippen LogP contribution in [0.1, 0.15) is 26.2 Å². The van der Waals surface area contributed by atoms with Crippen molar-refractivity contribution in [1.29, 1.82) is 0 Å². The summed E-state index contributed by atoms with van der Waals surface area (Å²) in [5.74, 6) is 0.169. The number of nitrogens with one attached hydrogen (secondary N) is 1. The second kappa shape index (κ2) is 5.32. The number of hydrogen-bond acceptors (Lipinski definition) is 2. The lowest BCUT2D eigenvalue weighted by Crippen LogP contribution is -2.50. The molecule has 0 aromatic heterocycles. The molecule has 1 aliphatic rings. The summed E-state index contributed by atoms with van der Waals surface area (Å²) in [7, 11) is 1.85. The zero-order chi connectivity index (χ0) is 12.3. The van der Waals surface area contributed by atoms with Crippen LogP contribution >= 0.6 is 0 Å². The van der Waals surface area contributed by atoms with E-state index in [2.05, 4.69) is 12.2 Å². The molecule has 3 heteroatoms. The fourth-order valence-electron chi connectivity index (χ4n) is 2.35.